The van der Waals surface area contributed by atoms with Crippen LogP contribution in [-0.4, -0.2) is 28.4 Å². The van der Waals surface area contributed by atoms with Gasteiger partial charge in [-0.15, -0.1) is 0 Å². The molecule has 1 N–H and O–H groups in total. The lowest BCUT2D eigenvalue weighted by atomic mass is 9.89. The van der Waals surface area contributed by atoms with Gasteiger partial charge in [0.15, 0.2) is 0 Å². The van der Waals surface area contributed by atoms with Crippen LogP contribution in [0.1, 0.15) is 43.4 Å². The lowest BCUT2D eigenvalue weighted by molar-refractivity contribution is -0.146. The van der Waals surface area contributed by atoms with E-state index in [2.05, 4.69) is 15.9 Å². The summed E-state index contributed by atoms with van der Waals surface area (Å²) in [6, 6.07) is 5.44. The normalized spacial score (nSPS) is 23.0. The van der Waals surface area contributed by atoms with Crippen LogP contribution < -0.4 is 0 Å². The van der Waals surface area contributed by atoms with Gasteiger partial charge in [-0.05, 0) is 43.9 Å². The van der Waals surface area contributed by atoms with E-state index in [1.165, 1.54) is 0 Å². The predicted octanol–water partition coefficient (Wildman–Crippen LogP) is 3.53. The molecule has 0 saturated carbocycles. The molecule has 1 saturated heterocycles. The Bertz CT molecular complexity index is 556. The lowest BCUT2D eigenvalue weighted by Gasteiger charge is -2.33. The molecule has 0 bridgehead atoms. The summed E-state index contributed by atoms with van der Waals surface area (Å²) >= 11 is 3.50. The molecule has 2 rings (SSSR count). The standard InChI is InChI=1S/C16H20BrNO3/c1-3-18-14(19)6-4-5-12(16(20)21)15(18)11-8-7-10(2)13(17)9-11/h7-9,12,15H,3-6H2,1-2H3,(H,20,21). The molecule has 21 heavy (non-hydrogen) atoms. The van der Waals surface area contributed by atoms with E-state index >= 15 is 0 Å². The number of hydrogen-bond acceptors (Lipinski definition) is 2. The molecule has 4 nitrogen and oxygen atoms in total. The highest BCUT2D eigenvalue weighted by molar-refractivity contribution is 9.10. The van der Waals surface area contributed by atoms with Gasteiger partial charge in [0.25, 0.3) is 0 Å². The molecule has 5 heteroatoms. The van der Waals surface area contributed by atoms with Crippen molar-refractivity contribution < 1.29 is 14.7 Å². The third kappa shape index (κ3) is 3.28. The third-order valence-electron chi connectivity index (χ3n) is 4.14. The van der Waals surface area contributed by atoms with Crippen molar-refractivity contribution >= 4 is 27.8 Å². The molecule has 1 aliphatic heterocycles. The van der Waals surface area contributed by atoms with Crippen LogP contribution in [0.25, 0.3) is 0 Å². The van der Waals surface area contributed by atoms with Crippen molar-refractivity contribution in [1.82, 2.24) is 4.90 Å². The van der Waals surface area contributed by atoms with Crippen molar-refractivity contribution in [2.75, 3.05) is 6.54 Å². The summed E-state index contributed by atoms with van der Waals surface area (Å²) in [5.41, 5.74) is 1.98. The summed E-state index contributed by atoms with van der Waals surface area (Å²) in [5, 5.41) is 9.57. The Kier molecular flexibility index (Phi) is 5.04. The van der Waals surface area contributed by atoms with Crippen LogP contribution in [0.15, 0.2) is 22.7 Å². The minimum Gasteiger partial charge on any atom is -0.481 e. The monoisotopic (exact) mass is 353 g/mol. The van der Waals surface area contributed by atoms with Gasteiger partial charge in [-0.2, -0.15) is 0 Å². The van der Waals surface area contributed by atoms with Crippen molar-refractivity contribution in [3.05, 3.63) is 33.8 Å². The van der Waals surface area contributed by atoms with Gasteiger partial charge in [-0.25, -0.2) is 0 Å². The Morgan fingerprint density at radius 3 is 2.76 bits per heavy atom. The van der Waals surface area contributed by atoms with E-state index in [-0.39, 0.29) is 11.9 Å². The zero-order valence-electron chi connectivity index (χ0n) is 12.3. The van der Waals surface area contributed by atoms with Gasteiger partial charge >= 0.3 is 5.97 Å². The summed E-state index contributed by atoms with van der Waals surface area (Å²) in [5.74, 6) is -1.33. The molecule has 2 unspecified atom stereocenters. The van der Waals surface area contributed by atoms with Gasteiger partial charge in [-0.1, -0.05) is 28.1 Å². The van der Waals surface area contributed by atoms with Crippen molar-refractivity contribution in [3.63, 3.8) is 0 Å². The Hall–Kier alpha value is -1.36. The largest absolute Gasteiger partial charge is 0.481 e. The number of halogens is 1. The Morgan fingerprint density at radius 2 is 2.19 bits per heavy atom. The number of carbonyl (C=O) groups excluding carboxylic acids is 1. The number of nitrogens with zero attached hydrogens (tertiary/aromatic N) is 1. The first-order valence-electron chi connectivity index (χ1n) is 7.24. The number of benzene rings is 1. The Morgan fingerprint density at radius 1 is 1.48 bits per heavy atom. The second-order valence-corrected chi connectivity index (χ2v) is 6.32. The van der Waals surface area contributed by atoms with E-state index in [1.54, 1.807) is 4.90 Å². The van der Waals surface area contributed by atoms with E-state index in [0.717, 1.165) is 15.6 Å². The molecule has 1 fully saturated rings. The first-order chi connectivity index (χ1) is 9.95. The molecule has 114 valence electrons. The third-order valence-corrected chi connectivity index (χ3v) is 4.99. The number of carboxylic acid groups (broad SMARTS) is 1. The molecule has 0 radical (unpaired) electrons. The molecule has 1 amide bonds. The molecule has 1 aromatic rings. The topological polar surface area (TPSA) is 57.6 Å². The first kappa shape index (κ1) is 16.0. The number of aryl methyl sites for hydroxylation is 1. The summed E-state index contributed by atoms with van der Waals surface area (Å²) in [7, 11) is 0. The molecule has 1 aromatic carbocycles. The van der Waals surface area contributed by atoms with Crippen LogP contribution in [0, 0.1) is 12.8 Å². The predicted molar refractivity (Wildman–Crippen MR) is 84.0 cm³/mol. The lowest BCUT2D eigenvalue weighted by Crippen LogP contribution is -2.38. The van der Waals surface area contributed by atoms with Gasteiger partial charge in [0.05, 0.1) is 12.0 Å². The molecule has 1 heterocycles. The highest BCUT2D eigenvalue weighted by atomic mass is 79.9. The summed E-state index contributed by atoms with van der Waals surface area (Å²) in [6.07, 6.45) is 1.60. The fourth-order valence-electron chi connectivity index (χ4n) is 2.98. The van der Waals surface area contributed by atoms with E-state index in [0.29, 0.717) is 25.8 Å². The van der Waals surface area contributed by atoms with E-state index in [9.17, 15) is 14.7 Å². The van der Waals surface area contributed by atoms with Gasteiger partial charge in [-0.3, -0.25) is 9.59 Å². The van der Waals surface area contributed by atoms with Crippen molar-refractivity contribution in [3.8, 4) is 0 Å². The highest BCUT2D eigenvalue weighted by Gasteiger charge is 2.37. The average Bonchev–Trinajstić information content (AvgIpc) is 2.60. The van der Waals surface area contributed by atoms with Crippen LogP contribution in [0.5, 0.6) is 0 Å². The summed E-state index contributed by atoms with van der Waals surface area (Å²) in [6.45, 7) is 4.41. The number of hydrogen-bond donors (Lipinski definition) is 1. The van der Waals surface area contributed by atoms with Gasteiger partial charge in [0.2, 0.25) is 5.91 Å². The number of carboxylic acids is 1. The van der Waals surface area contributed by atoms with Crippen LogP contribution in [0.3, 0.4) is 0 Å². The van der Waals surface area contributed by atoms with E-state index < -0.39 is 11.9 Å². The van der Waals surface area contributed by atoms with Gasteiger partial charge in [0.1, 0.15) is 0 Å². The fourth-order valence-corrected chi connectivity index (χ4v) is 3.38. The highest BCUT2D eigenvalue weighted by Crippen LogP contribution is 2.37. The Labute approximate surface area is 133 Å². The zero-order valence-corrected chi connectivity index (χ0v) is 13.9. The molecule has 0 aromatic heterocycles. The van der Waals surface area contributed by atoms with Crippen molar-refractivity contribution in [2.24, 2.45) is 5.92 Å². The molecule has 1 aliphatic rings. The van der Waals surface area contributed by atoms with Crippen LogP contribution in [-0.2, 0) is 9.59 Å². The second-order valence-electron chi connectivity index (χ2n) is 5.47. The van der Waals surface area contributed by atoms with E-state index in [4.69, 9.17) is 0 Å². The molecule has 2 atom stereocenters. The number of rotatable bonds is 3. The zero-order chi connectivity index (χ0) is 15.6. The number of carbonyl (C=O) groups is 2. The Balaban J connectivity index is 2.50. The van der Waals surface area contributed by atoms with Crippen molar-refractivity contribution in [1.29, 1.82) is 0 Å². The number of amides is 1. The molecule has 0 aliphatic carbocycles. The van der Waals surface area contributed by atoms with Crippen LogP contribution in [0.4, 0.5) is 0 Å². The maximum atomic E-state index is 12.3. The maximum absolute atomic E-state index is 12.3. The second kappa shape index (κ2) is 6.60. The fraction of sp³-hybridized carbons (Fsp3) is 0.500. The molecular formula is C16H20BrNO3. The van der Waals surface area contributed by atoms with E-state index in [1.807, 2.05) is 32.0 Å². The SMILES string of the molecule is CCN1C(=O)CCCC(C(=O)O)C1c1ccc(C)c(Br)c1. The quantitative estimate of drug-likeness (QED) is 0.903. The average molecular weight is 354 g/mol. The smallest absolute Gasteiger partial charge is 0.308 e. The molecule has 0 spiro atoms. The summed E-state index contributed by atoms with van der Waals surface area (Å²) < 4.78 is 0.942. The van der Waals surface area contributed by atoms with Crippen molar-refractivity contribution in [2.45, 2.75) is 39.2 Å². The van der Waals surface area contributed by atoms with Crippen LogP contribution >= 0.6 is 15.9 Å². The summed E-state index contributed by atoms with van der Waals surface area (Å²) in [4.78, 5) is 25.6. The van der Waals surface area contributed by atoms with Gasteiger partial charge < -0.3 is 10.0 Å². The minimum absolute atomic E-state index is 0.0444. The van der Waals surface area contributed by atoms with Gasteiger partial charge in [0, 0.05) is 17.4 Å². The minimum atomic E-state index is -0.829. The maximum Gasteiger partial charge on any atom is 0.308 e. The first-order valence-corrected chi connectivity index (χ1v) is 8.03. The molecular weight excluding hydrogens is 334 g/mol. The van der Waals surface area contributed by atoms with Crippen LogP contribution in [0.2, 0.25) is 0 Å². The number of aliphatic carboxylic acids is 1. The number of likely N-dealkylation sites (tertiary alicyclic amines) is 1.